The van der Waals surface area contributed by atoms with Gasteiger partial charge in [-0.3, -0.25) is 4.98 Å². The van der Waals surface area contributed by atoms with Gasteiger partial charge in [-0.1, -0.05) is 24.3 Å². The van der Waals surface area contributed by atoms with Crippen molar-refractivity contribution in [1.29, 1.82) is 0 Å². The molecule has 94 valence electrons. The number of aliphatic hydroxyl groups excluding tert-OH is 1. The molecule has 18 heavy (non-hydrogen) atoms. The molecule has 0 bridgehead atoms. The van der Waals surface area contributed by atoms with Crippen LogP contribution in [0, 0.1) is 0 Å². The molecule has 0 fully saturated rings. The van der Waals surface area contributed by atoms with Gasteiger partial charge in [0.25, 0.3) is 0 Å². The average Bonchev–Trinajstić information content (AvgIpc) is 2.40. The third-order valence-corrected chi connectivity index (χ3v) is 3.06. The molecule has 0 atom stereocenters. The third kappa shape index (κ3) is 3.91. The van der Waals surface area contributed by atoms with Gasteiger partial charge in [0.2, 0.25) is 0 Å². The van der Waals surface area contributed by atoms with Gasteiger partial charge < -0.3 is 10.4 Å². The second kappa shape index (κ2) is 6.64. The Morgan fingerprint density at radius 2 is 1.67 bits per heavy atom. The van der Waals surface area contributed by atoms with Crippen LogP contribution in [0.5, 0.6) is 0 Å². The summed E-state index contributed by atoms with van der Waals surface area (Å²) in [5.74, 6) is 0. The van der Waals surface area contributed by atoms with E-state index in [-0.39, 0.29) is 6.61 Å². The van der Waals surface area contributed by atoms with Crippen LogP contribution in [0.3, 0.4) is 0 Å². The Kier molecular flexibility index (Phi) is 4.87. The SMILES string of the molecule is OCc1ccc(CNCc2cncc(Br)c2)cc1. The summed E-state index contributed by atoms with van der Waals surface area (Å²) in [4.78, 5) is 4.12. The van der Waals surface area contributed by atoms with Gasteiger partial charge in [0.1, 0.15) is 0 Å². The standard InChI is InChI=1S/C14H15BrN2O/c15-14-5-13(8-17-9-14)7-16-6-11-1-3-12(10-18)4-2-11/h1-5,8-9,16,18H,6-7,10H2. The van der Waals surface area contributed by atoms with Crippen LogP contribution in [0.4, 0.5) is 0 Å². The van der Waals surface area contributed by atoms with Gasteiger partial charge in [-0.15, -0.1) is 0 Å². The lowest BCUT2D eigenvalue weighted by Gasteiger charge is -2.06. The fourth-order valence-electron chi connectivity index (χ4n) is 1.67. The van der Waals surface area contributed by atoms with E-state index in [1.165, 1.54) is 5.56 Å². The van der Waals surface area contributed by atoms with Crippen LogP contribution in [0.15, 0.2) is 47.2 Å². The number of rotatable bonds is 5. The molecule has 2 N–H and O–H groups in total. The first-order chi connectivity index (χ1) is 8.78. The van der Waals surface area contributed by atoms with E-state index < -0.39 is 0 Å². The summed E-state index contributed by atoms with van der Waals surface area (Å²) in [6.45, 7) is 1.68. The van der Waals surface area contributed by atoms with Crippen molar-refractivity contribution >= 4 is 15.9 Å². The second-order valence-corrected chi connectivity index (χ2v) is 5.01. The van der Waals surface area contributed by atoms with E-state index in [0.717, 1.165) is 28.7 Å². The van der Waals surface area contributed by atoms with Crippen LogP contribution in [0.1, 0.15) is 16.7 Å². The lowest BCUT2D eigenvalue weighted by atomic mass is 10.1. The molecule has 0 saturated heterocycles. The molecule has 3 nitrogen and oxygen atoms in total. The fourth-order valence-corrected chi connectivity index (χ4v) is 2.08. The van der Waals surface area contributed by atoms with E-state index in [1.807, 2.05) is 30.5 Å². The minimum atomic E-state index is 0.0947. The summed E-state index contributed by atoms with van der Waals surface area (Å²) in [5.41, 5.74) is 3.29. The van der Waals surface area contributed by atoms with Crippen molar-refractivity contribution in [3.8, 4) is 0 Å². The number of halogens is 1. The van der Waals surface area contributed by atoms with Gasteiger partial charge in [-0.25, -0.2) is 0 Å². The van der Waals surface area contributed by atoms with E-state index in [2.05, 4.69) is 32.3 Å². The topological polar surface area (TPSA) is 45.1 Å². The molecule has 0 aliphatic rings. The first kappa shape index (κ1) is 13.2. The van der Waals surface area contributed by atoms with Crippen LogP contribution in [0.25, 0.3) is 0 Å². The largest absolute Gasteiger partial charge is 0.392 e. The number of hydrogen-bond acceptors (Lipinski definition) is 3. The third-order valence-electron chi connectivity index (χ3n) is 2.63. The van der Waals surface area contributed by atoms with Crippen LogP contribution in [0.2, 0.25) is 0 Å². The maximum Gasteiger partial charge on any atom is 0.0681 e. The Hall–Kier alpha value is -1.23. The fraction of sp³-hybridized carbons (Fsp3) is 0.214. The molecule has 0 amide bonds. The predicted molar refractivity (Wildman–Crippen MR) is 74.8 cm³/mol. The van der Waals surface area contributed by atoms with Crippen molar-refractivity contribution in [2.75, 3.05) is 0 Å². The van der Waals surface area contributed by atoms with Gasteiger partial charge in [-0.05, 0) is 38.7 Å². The van der Waals surface area contributed by atoms with Gasteiger partial charge in [0.15, 0.2) is 0 Å². The maximum atomic E-state index is 8.95. The number of aliphatic hydroxyl groups is 1. The van der Waals surface area contributed by atoms with E-state index >= 15 is 0 Å². The van der Waals surface area contributed by atoms with Crippen molar-refractivity contribution < 1.29 is 5.11 Å². The molecular weight excluding hydrogens is 292 g/mol. The Morgan fingerprint density at radius 1 is 1.00 bits per heavy atom. The lowest BCUT2D eigenvalue weighted by Crippen LogP contribution is -2.12. The predicted octanol–water partition coefficient (Wildman–Crippen LogP) is 2.63. The highest BCUT2D eigenvalue weighted by atomic mass is 79.9. The molecular formula is C14H15BrN2O. The highest BCUT2D eigenvalue weighted by Crippen LogP contribution is 2.09. The zero-order valence-electron chi connectivity index (χ0n) is 9.94. The van der Waals surface area contributed by atoms with E-state index in [4.69, 9.17) is 5.11 Å². The van der Waals surface area contributed by atoms with Crippen molar-refractivity contribution in [1.82, 2.24) is 10.3 Å². The van der Waals surface area contributed by atoms with E-state index in [1.54, 1.807) is 6.20 Å². The van der Waals surface area contributed by atoms with Crippen LogP contribution in [-0.4, -0.2) is 10.1 Å². The molecule has 1 aromatic carbocycles. The zero-order valence-corrected chi connectivity index (χ0v) is 11.5. The van der Waals surface area contributed by atoms with Gasteiger partial charge in [0, 0.05) is 30.0 Å². The Morgan fingerprint density at radius 3 is 2.33 bits per heavy atom. The molecule has 0 aliphatic carbocycles. The molecule has 0 unspecified atom stereocenters. The Bertz CT molecular complexity index is 499. The summed E-state index contributed by atoms with van der Waals surface area (Å²) in [6.07, 6.45) is 3.63. The summed E-state index contributed by atoms with van der Waals surface area (Å²) >= 11 is 3.40. The quantitative estimate of drug-likeness (QED) is 0.892. The number of aromatic nitrogens is 1. The number of hydrogen-bond donors (Lipinski definition) is 2. The summed E-state index contributed by atoms with van der Waals surface area (Å²) < 4.78 is 0.995. The lowest BCUT2D eigenvalue weighted by molar-refractivity contribution is 0.282. The zero-order chi connectivity index (χ0) is 12.8. The monoisotopic (exact) mass is 306 g/mol. The average molecular weight is 307 g/mol. The van der Waals surface area contributed by atoms with Crippen LogP contribution < -0.4 is 5.32 Å². The smallest absolute Gasteiger partial charge is 0.0681 e. The first-order valence-corrected chi connectivity index (χ1v) is 6.56. The molecule has 2 aromatic rings. The number of nitrogens with one attached hydrogen (secondary N) is 1. The summed E-state index contributed by atoms with van der Waals surface area (Å²) in [5, 5.41) is 12.3. The number of nitrogens with zero attached hydrogens (tertiary/aromatic N) is 1. The van der Waals surface area contributed by atoms with Gasteiger partial charge in [-0.2, -0.15) is 0 Å². The molecule has 2 rings (SSSR count). The normalized spacial score (nSPS) is 10.6. The number of pyridine rings is 1. The van der Waals surface area contributed by atoms with Crippen molar-refractivity contribution in [3.63, 3.8) is 0 Å². The molecule has 0 radical (unpaired) electrons. The number of benzene rings is 1. The molecule has 1 aromatic heterocycles. The Labute approximate surface area is 115 Å². The minimum Gasteiger partial charge on any atom is -0.392 e. The molecule has 0 aliphatic heterocycles. The van der Waals surface area contributed by atoms with Crippen molar-refractivity contribution in [3.05, 3.63) is 63.9 Å². The van der Waals surface area contributed by atoms with Gasteiger partial charge >= 0.3 is 0 Å². The molecule has 0 saturated carbocycles. The maximum absolute atomic E-state index is 8.95. The van der Waals surface area contributed by atoms with Crippen LogP contribution in [-0.2, 0) is 19.7 Å². The second-order valence-electron chi connectivity index (χ2n) is 4.09. The summed E-state index contributed by atoms with van der Waals surface area (Å²) in [6, 6.07) is 9.99. The summed E-state index contributed by atoms with van der Waals surface area (Å²) in [7, 11) is 0. The molecule has 0 spiro atoms. The van der Waals surface area contributed by atoms with E-state index in [9.17, 15) is 0 Å². The molecule has 4 heteroatoms. The van der Waals surface area contributed by atoms with Crippen molar-refractivity contribution in [2.24, 2.45) is 0 Å². The van der Waals surface area contributed by atoms with Crippen molar-refractivity contribution in [2.45, 2.75) is 19.7 Å². The van der Waals surface area contributed by atoms with E-state index in [0.29, 0.717) is 0 Å². The highest BCUT2D eigenvalue weighted by Gasteiger charge is 1.96. The van der Waals surface area contributed by atoms with Gasteiger partial charge in [0.05, 0.1) is 6.61 Å². The minimum absolute atomic E-state index is 0.0947. The first-order valence-electron chi connectivity index (χ1n) is 5.77. The van der Waals surface area contributed by atoms with Crippen LogP contribution >= 0.6 is 15.9 Å². The highest BCUT2D eigenvalue weighted by molar-refractivity contribution is 9.10. The Balaban J connectivity index is 1.84. The molecule has 1 heterocycles.